The Balaban J connectivity index is 1.40. The fourth-order valence-electron chi connectivity index (χ4n) is 5.48. The van der Waals surface area contributed by atoms with Crippen molar-refractivity contribution in [1.29, 1.82) is 0 Å². The molecule has 0 bridgehead atoms. The lowest BCUT2D eigenvalue weighted by Crippen LogP contribution is -2.54. The van der Waals surface area contributed by atoms with Gasteiger partial charge in [0.2, 0.25) is 0 Å². The quantitative estimate of drug-likeness (QED) is 0.605. The average Bonchev–Trinajstić information content (AvgIpc) is 3.25. The van der Waals surface area contributed by atoms with Gasteiger partial charge in [0, 0.05) is 18.4 Å². The van der Waals surface area contributed by atoms with Crippen LogP contribution in [-0.2, 0) is 20.3 Å². The molecule has 30 heavy (non-hydrogen) atoms. The van der Waals surface area contributed by atoms with Gasteiger partial charge in [0.1, 0.15) is 0 Å². The van der Waals surface area contributed by atoms with Crippen molar-refractivity contribution in [1.82, 2.24) is 0 Å². The van der Waals surface area contributed by atoms with Crippen molar-refractivity contribution in [2.24, 2.45) is 17.8 Å². The SMILES string of the molecule is CC(C)(C)[Si](C)(C)OC(CCC1CC2C(CC23OCCO3)C1O)Cc1ccccc1. The highest BCUT2D eigenvalue weighted by atomic mass is 28.4. The van der Waals surface area contributed by atoms with Gasteiger partial charge in [0.25, 0.3) is 0 Å². The lowest BCUT2D eigenvalue weighted by atomic mass is 9.69. The van der Waals surface area contributed by atoms with Crippen LogP contribution >= 0.6 is 0 Å². The minimum Gasteiger partial charge on any atom is -0.414 e. The van der Waals surface area contributed by atoms with E-state index in [9.17, 15) is 5.11 Å². The third-order valence-corrected chi connectivity index (χ3v) is 12.8. The first-order chi connectivity index (χ1) is 14.1. The van der Waals surface area contributed by atoms with Crippen LogP contribution in [0, 0.1) is 17.8 Å². The normalized spacial score (nSPS) is 31.5. The maximum Gasteiger partial charge on any atom is 0.192 e. The topological polar surface area (TPSA) is 47.9 Å². The van der Waals surface area contributed by atoms with Crippen LogP contribution in [0.4, 0.5) is 0 Å². The first-order valence-electron chi connectivity index (χ1n) is 11.8. The van der Waals surface area contributed by atoms with Crippen LogP contribution in [0.2, 0.25) is 18.1 Å². The molecule has 3 aliphatic rings. The largest absolute Gasteiger partial charge is 0.414 e. The molecule has 1 heterocycles. The van der Waals surface area contributed by atoms with E-state index in [0.717, 1.165) is 32.1 Å². The van der Waals surface area contributed by atoms with E-state index in [0.29, 0.717) is 31.0 Å². The van der Waals surface area contributed by atoms with E-state index < -0.39 is 8.32 Å². The Labute approximate surface area is 183 Å². The Hall–Kier alpha value is -0.723. The predicted octanol–water partition coefficient (Wildman–Crippen LogP) is 5.16. The van der Waals surface area contributed by atoms with Gasteiger partial charge in [0.05, 0.1) is 19.3 Å². The van der Waals surface area contributed by atoms with Crippen molar-refractivity contribution in [3.05, 3.63) is 35.9 Å². The second-order valence-corrected chi connectivity index (χ2v) is 16.0. The molecule has 1 aromatic carbocycles. The molecule has 168 valence electrons. The van der Waals surface area contributed by atoms with E-state index in [1.807, 2.05) is 0 Å². The Morgan fingerprint density at radius 1 is 1.17 bits per heavy atom. The maximum absolute atomic E-state index is 10.9. The summed E-state index contributed by atoms with van der Waals surface area (Å²) in [5, 5.41) is 11.1. The van der Waals surface area contributed by atoms with Crippen molar-refractivity contribution in [3.8, 4) is 0 Å². The number of ether oxygens (including phenoxy) is 2. The summed E-state index contributed by atoms with van der Waals surface area (Å²) < 4.78 is 18.8. The first kappa shape index (κ1) is 22.5. The van der Waals surface area contributed by atoms with Gasteiger partial charge in [-0.25, -0.2) is 0 Å². The number of hydrogen-bond donors (Lipinski definition) is 1. The molecule has 5 unspecified atom stereocenters. The minimum atomic E-state index is -1.86. The van der Waals surface area contributed by atoms with Crippen LogP contribution in [0.15, 0.2) is 30.3 Å². The predicted molar refractivity (Wildman–Crippen MR) is 122 cm³/mol. The molecule has 4 nitrogen and oxygen atoms in total. The van der Waals surface area contributed by atoms with E-state index in [2.05, 4.69) is 64.2 Å². The molecule has 4 rings (SSSR count). The summed E-state index contributed by atoms with van der Waals surface area (Å²) in [7, 11) is -1.86. The molecule has 1 spiro atoms. The van der Waals surface area contributed by atoms with Crippen molar-refractivity contribution in [3.63, 3.8) is 0 Å². The Bertz CT molecular complexity index is 708. The summed E-state index contributed by atoms with van der Waals surface area (Å²) >= 11 is 0. The second kappa shape index (κ2) is 8.32. The summed E-state index contributed by atoms with van der Waals surface area (Å²) in [6.45, 7) is 13.0. The summed E-state index contributed by atoms with van der Waals surface area (Å²) in [6, 6.07) is 10.7. The molecular weight excluding hydrogens is 392 g/mol. The molecule has 0 amide bonds. The highest BCUT2D eigenvalue weighted by Crippen LogP contribution is 2.59. The number of aliphatic hydroxyl groups is 1. The molecule has 5 heteroatoms. The van der Waals surface area contributed by atoms with Crippen molar-refractivity contribution in [2.45, 2.75) is 89.0 Å². The Kier molecular flexibility index (Phi) is 6.23. The molecule has 1 N–H and O–H groups in total. The van der Waals surface area contributed by atoms with Gasteiger partial charge in [-0.1, -0.05) is 51.1 Å². The molecule has 1 aromatic rings. The first-order valence-corrected chi connectivity index (χ1v) is 14.7. The summed E-state index contributed by atoms with van der Waals surface area (Å²) in [5.41, 5.74) is 1.33. The number of rotatable bonds is 7. The molecule has 3 fully saturated rings. The second-order valence-electron chi connectivity index (χ2n) is 11.2. The third-order valence-electron chi connectivity index (χ3n) is 8.29. The zero-order valence-corrected chi connectivity index (χ0v) is 20.4. The molecule has 2 saturated carbocycles. The lowest BCUT2D eigenvalue weighted by molar-refractivity contribution is -0.275. The molecule has 0 aromatic heterocycles. The van der Waals surface area contributed by atoms with E-state index in [1.54, 1.807) is 0 Å². The van der Waals surface area contributed by atoms with Gasteiger partial charge in [-0.15, -0.1) is 0 Å². The van der Waals surface area contributed by atoms with Gasteiger partial charge < -0.3 is 19.0 Å². The fourth-order valence-corrected chi connectivity index (χ4v) is 6.87. The van der Waals surface area contributed by atoms with E-state index in [1.165, 1.54) is 5.56 Å². The van der Waals surface area contributed by atoms with Crippen LogP contribution in [-0.4, -0.2) is 44.6 Å². The van der Waals surface area contributed by atoms with Crippen LogP contribution in [0.1, 0.15) is 52.0 Å². The van der Waals surface area contributed by atoms with E-state index in [4.69, 9.17) is 13.9 Å². The molecule has 2 aliphatic carbocycles. The minimum absolute atomic E-state index is 0.192. The van der Waals surface area contributed by atoms with Gasteiger partial charge in [-0.3, -0.25) is 0 Å². The van der Waals surface area contributed by atoms with Crippen LogP contribution in [0.3, 0.4) is 0 Å². The molecular formula is C25H40O4Si. The molecule has 1 saturated heterocycles. The highest BCUT2D eigenvalue weighted by Gasteiger charge is 2.64. The third kappa shape index (κ3) is 4.29. The maximum atomic E-state index is 10.9. The average molecular weight is 433 g/mol. The molecule has 5 atom stereocenters. The Morgan fingerprint density at radius 3 is 2.47 bits per heavy atom. The monoisotopic (exact) mass is 432 g/mol. The summed E-state index contributed by atoms with van der Waals surface area (Å²) in [4.78, 5) is 0. The van der Waals surface area contributed by atoms with Crippen LogP contribution < -0.4 is 0 Å². The fraction of sp³-hybridized carbons (Fsp3) is 0.760. The lowest BCUT2D eigenvalue weighted by Gasteiger charge is -2.48. The van der Waals surface area contributed by atoms with Gasteiger partial charge in [-0.2, -0.15) is 0 Å². The Morgan fingerprint density at radius 2 is 1.83 bits per heavy atom. The smallest absolute Gasteiger partial charge is 0.192 e. The number of benzene rings is 1. The van der Waals surface area contributed by atoms with Crippen LogP contribution in [0.25, 0.3) is 0 Å². The van der Waals surface area contributed by atoms with Gasteiger partial charge >= 0.3 is 0 Å². The number of aliphatic hydroxyl groups excluding tert-OH is 1. The number of hydrogen-bond acceptors (Lipinski definition) is 4. The number of fused-ring (bicyclic) bond motifs is 2. The molecule has 1 aliphatic heterocycles. The van der Waals surface area contributed by atoms with Gasteiger partial charge in [0.15, 0.2) is 14.1 Å². The molecule has 0 radical (unpaired) electrons. The zero-order chi connectivity index (χ0) is 21.6. The zero-order valence-electron chi connectivity index (χ0n) is 19.4. The van der Waals surface area contributed by atoms with Crippen LogP contribution in [0.5, 0.6) is 0 Å². The van der Waals surface area contributed by atoms with Crippen molar-refractivity contribution >= 4 is 8.32 Å². The van der Waals surface area contributed by atoms with E-state index >= 15 is 0 Å². The van der Waals surface area contributed by atoms with E-state index in [-0.39, 0.29) is 23.0 Å². The van der Waals surface area contributed by atoms with Crippen molar-refractivity contribution < 1.29 is 19.0 Å². The highest BCUT2D eigenvalue weighted by molar-refractivity contribution is 6.74. The summed E-state index contributed by atoms with van der Waals surface area (Å²) in [6.07, 6.45) is 4.81. The summed E-state index contributed by atoms with van der Waals surface area (Å²) in [5.74, 6) is 0.672. The van der Waals surface area contributed by atoms with Crippen molar-refractivity contribution in [2.75, 3.05) is 13.2 Å². The van der Waals surface area contributed by atoms with Gasteiger partial charge in [-0.05, 0) is 61.2 Å². The standard InChI is InChI=1S/C25H40O4Si/c1-24(2,3)30(4,5)29-20(15-18-9-7-6-8-10-18)12-11-19-16-22-21(23(19)26)17-25(22)27-13-14-28-25/h6-10,19-23,26H,11-17H2,1-5H3.